The average molecular weight is 339 g/mol. The number of carbonyl (C=O) groups excluding carboxylic acids is 1. The normalized spacial score (nSPS) is 22.6. The van der Waals surface area contributed by atoms with Gasteiger partial charge in [-0.3, -0.25) is 4.79 Å². The van der Waals surface area contributed by atoms with Gasteiger partial charge in [0, 0.05) is 23.1 Å². The van der Waals surface area contributed by atoms with Crippen molar-refractivity contribution in [3.8, 4) is 0 Å². The third kappa shape index (κ3) is 3.23. The van der Waals surface area contributed by atoms with Gasteiger partial charge in [0.25, 0.3) is 5.91 Å². The van der Waals surface area contributed by atoms with Crippen molar-refractivity contribution in [2.75, 3.05) is 13.6 Å². The highest BCUT2D eigenvalue weighted by molar-refractivity contribution is 9.10. The fourth-order valence-electron chi connectivity index (χ4n) is 3.18. The Morgan fingerprint density at radius 3 is 2.75 bits per heavy atom. The molecular formula is C16H23BrN2O. The molecule has 0 aliphatic heterocycles. The minimum absolute atomic E-state index is 0.111. The predicted molar refractivity (Wildman–Crippen MR) is 85.8 cm³/mol. The first kappa shape index (κ1) is 15.5. The Hall–Kier alpha value is -0.870. The second-order valence-corrected chi connectivity index (χ2v) is 6.64. The monoisotopic (exact) mass is 338 g/mol. The molecule has 0 aromatic heterocycles. The molecular weight excluding hydrogens is 316 g/mol. The molecule has 2 rings (SSSR count). The van der Waals surface area contributed by atoms with Crippen LogP contribution in [0.1, 0.15) is 41.6 Å². The van der Waals surface area contributed by atoms with Gasteiger partial charge in [-0.15, -0.1) is 0 Å². The van der Waals surface area contributed by atoms with Gasteiger partial charge >= 0.3 is 0 Å². The minimum Gasteiger partial charge on any atom is -0.338 e. The minimum atomic E-state index is 0.111. The SMILES string of the molecule is Cc1cc(Br)ccc1C(=O)N(C)C1CCCCC1CN. The predicted octanol–water partition coefficient (Wildman–Crippen LogP) is 3.35. The lowest BCUT2D eigenvalue weighted by Crippen LogP contribution is -2.46. The van der Waals surface area contributed by atoms with Crippen LogP contribution in [0.25, 0.3) is 0 Å². The van der Waals surface area contributed by atoms with Gasteiger partial charge in [-0.1, -0.05) is 28.8 Å². The third-order valence-corrected chi connectivity index (χ3v) is 4.90. The van der Waals surface area contributed by atoms with Crippen LogP contribution in [-0.4, -0.2) is 30.4 Å². The molecule has 20 heavy (non-hydrogen) atoms. The molecule has 0 saturated heterocycles. The van der Waals surface area contributed by atoms with Gasteiger partial charge in [0.15, 0.2) is 0 Å². The first-order valence-electron chi connectivity index (χ1n) is 7.28. The van der Waals surface area contributed by atoms with Crippen molar-refractivity contribution in [2.45, 2.75) is 38.6 Å². The highest BCUT2D eigenvalue weighted by Gasteiger charge is 2.30. The van der Waals surface area contributed by atoms with Crippen molar-refractivity contribution in [3.63, 3.8) is 0 Å². The van der Waals surface area contributed by atoms with Crippen LogP contribution >= 0.6 is 15.9 Å². The number of halogens is 1. The molecule has 2 N–H and O–H groups in total. The molecule has 1 aliphatic carbocycles. The first-order chi connectivity index (χ1) is 9.54. The number of nitrogens with two attached hydrogens (primary N) is 1. The van der Waals surface area contributed by atoms with E-state index in [4.69, 9.17) is 5.73 Å². The smallest absolute Gasteiger partial charge is 0.254 e. The number of aryl methyl sites for hydroxylation is 1. The molecule has 4 heteroatoms. The first-order valence-corrected chi connectivity index (χ1v) is 8.07. The molecule has 1 aromatic carbocycles. The lowest BCUT2D eigenvalue weighted by molar-refractivity contribution is 0.0619. The molecule has 110 valence electrons. The molecule has 0 heterocycles. The van der Waals surface area contributed by atoms with E-state index in [0.717, 1.165) is 28.4 Å². The van der Waals surface area contributed by atoms with E-state index in [1.54, 1.807) is 0 Å². The average Bonchev–Trinajstić information content (AvgIpc) is 2.45. The quantitative estimate of drug-likeness (QED) is 0.918. The number of nitrogens with zero attached hydrogens (tertiary/aromatic N) is 1. The molecule has 0 radical (unpaired) electrons. The number of amides is 1. The van der Waals surface area contributed by atoms with E-state index in [0.29, 0.717) is 12.5 Å². The van der Waals surface area contributed by atoms with Crippen LogP contribution in [0.4, 0.5) is 0 Å². The summed E-state index contributed by atoms with van der Waals surface area (Å²) in [5, 5.41) is 0. The van der Waals surface area contributed by atoms with E-state index in [-0.39, 0.29) is 11.9 Å². The third-order valence-electron chi connectivity index (χ3n) is 4.41. The summed E-state index contributed by atoms with van der Waals surface area (Å²) < 4.78 is 1.01. The van der Waals surface area contributed by atoms with Crippen LogP contribution in [0.5, 0.6) is 0 Å². The van der Waals surface area contributed by atoms with Crippen molar-refractivity contribution in [1.82, 2.24) is 4.90 Å². The van der Waals surface area contributed by atoms with Gasteiger partial charge in [-0.05, 0) is 56.0 Å². The zero-order valence-corrected chi connectivity index (χ0v) is 13.8. The molecule has 1 saturated carbocycles. The lowest BCUT2D eigenvalue weighted by atomic mass is 9.83. The highest BCUT2D eigenvalue weighted by Crippen LogP contribution is 2.28. The summed E-state index contributed by atoms with van der Waals surface area (Å²) in [5.74, 6) is 0.550. The number of carbonyl (C=O) groups is 1. The maximum Gasteiger partial charge on any atom is 0.254 e. The summed E-state index contributed by atoms with van der Waals surface area (Å²) >= 11 is 3.44. The van der Waals surface area contributed by atoms with Crippen molar-refractivity contribution in [3.05, 3.63) is 33.8 Å². The van der Waals surface area contributed by atoms with Gasteiger partial charge in [0.05, 0.1) is 0 Å². The van der Waals surface area contributed by atoms with E-state index < -0.39 is 0 Å². The number of rotatable bonds is 3. The summed E-state index contributed by atoms with van der Waals surface area (Å²) in [7, 11) is 1.92. The summed E-state index contributed by atoms with van der Waals surface area (Å²) in [6.45, 7) is 2.65. The maximum atomic E-state index is 12.7. The topological polar surface area (TPSA) is 46.3 Å². The summed E-state index contributed by atoms with van der Waals surface area (Å²) in [6.07, 6.45) is 4.63. The Balaban J connectivity index is 2.18. The molecule has 3 nitrogen and oxygen atoms in total. The Labute approximate surface area is 129 Å². The zero-order valence-electron chi connectivity index (χ0n) is 12.2. The molecule has 2 atom stereocenters. The Kier molecular flexibility index (Phi) is 5.22. The molecule has 0 bridgehead atoms. The molecule has 1 aromatic rings. The van der Waals surface area contributed by atoms with Crippen molar-refractivity contribution in [1.29, 1.82) is 0 Å². The van der Waals surface area contributed by atoms with E-state index in [2.05, 4.69) is 15.9 Å². The van der Waals surface area contributed by atoms with Gasteiger partial charge < -0.3 is 10.6 Å². The standard InChI is InChI=1S/C16H23BrN2O/c1-11-9-13(17)7-8-14(11)16(20)19(2)15-6-4-3-5-12(15)10-18/h7-9,12,15H,3-6,10,18H2,1-2H3. The van der Waals surface area contributed by atoms with Gasteiger partial charge in [0.2, 0.25) is 0 Å². The molecule has 1 amide bonds. The van der Waals surface area contributed by atoms with E-state index in [1.165, 1.54) is 12.8 Å². The maximum absolute atomic E-state index is 12.7. The molecule has 1 fully saturated rings. The Morgan fingerprint density at radius 2 is 2.10 bits per heavy atom. The second kappa shape index (κ2) is 6.72. The van der Waals surface area contributed by atoms with E-state index in [9.17, 15) is 4.79 Å². The largest absolute Gasteiger partial charge is 0.338 e. The van der Waals surface area contributed by atoms with Crippen LogP contribution < -0.4 is 5.73 Å². The zero-order chi connectivity index (χ0) is 14.7. The fourth-order valence-corrected chi connectivity index (χ4v) is 3.66. The summed E-state index contributed by atoms with van der Waals surface area (Å²) in [4.78, 5) is 14.6. The van der Waals surface area contributed by atoms with Crippen LogP contribution in [0.2, 0.25) is 0 Å². The van der Waals surface area contributed by atoms with Crippen LogP contribution in [0.3, 0.4) is 0 Å². The second-order valence-electron chi connectivity index (χ2n) is 5.72. The summed E-state index contributed by atoms with van der Waals surface area (Å²) in [6, 6.07) is 6.10. The van der Waals surface area contributed by atoms with Crippen molar-refractivity contribution >= 4 is 21.8 Å². The highest BCUT2D eigenvalue weighted by atomic mass is 79.9. The van der Waals surface area contributed by atoms with Gasteiger partial charge in [-0.2, -0.15) is 0 Å². The van der Waals surface area contributed by atoms with Crippen LogP contribution in [-0.2, 0) is 0 Å². The fraction of sp³-hybridized carbons (Fsp3) is 0.562. The van der Waals surface area contributed by atoms with Crippen molar-refractivity contribution < 1.29 is 4.79 Å². The number of benzene rings is 1. The Bertz CT molecular complexity index is 489. The van der Waals surface area contributed by atoms with Crippen molar-refractivity contribution in [2.24, 2.45) is 11.7 Å². The summed E-state index contributed by atoms with van der Waals surface area (Å²) in [5.41, 5.74) is 7.68. The molecule has 1 aliphatic rings. The van der Waals surface area contributed by atoms with Gasteiger partial charge in [0.1, 0.15) is 0 Å². The van der Waals surface area contributed by atoms with E-state index in [1.807, 2.05) is 37.1 Å². The van der Waals surface area contributed by atoms with Crippen LogP contribution in [0, 0.1) is 12.8 Å². The van der Waals surface area contributed by atoms with Crippen LogP contribution in [0.15, 0.2) is 22.7 Å². The lowest BCUT2D eigenvalue weighted by Gasteiger charge is -2.37. The number of hydrogen-bond acceptors (Lipinski definition) is 2. The van der Waals surface area contributed by atoms with Gasteiger partial charge in [-0.25, -0.2) is 0 Å². The number of hydrogen-bond donors (Lipinski definition) is 1. The Morgan fingerprint density at radius 1 is 1.40 bits per heavy atom. The molecule has 0 spiro atoms. The molecule has 2 unspecified atom stereocenters. The van der Waals surface area contributed by atoms with E-state index >= 15 is 0 Å².